The first-order chi connectivity index (χ1) is 7.08. The number of nitrogens with one attached hydrogen (secondary N) is 1. The lowest BCUT2D eigenvalue weighted by Crippen LogP contribution is -2.21. The van der Waals surface area contributed by atoms with E-state index >= 15 is 0 Å². The van der Waals surface area contributed by atoms with Crippen LogP contribution in [0.5, 0.6) is 0 Å². The summed E-state index contributed by atoms with van der Waals surface area (Å²) in [5, 5.41) is 5.55. The van der Waals surface area contributed by atoms with E-state index in [-0.39, 0.29) is 0 Å². The van der Waals surface area contributed by atoms with Crippen molar-refractivity contribution in [2.75, 3.05) is 13.1 Å². The van der Waals surface area contributed by atoms with E-state index in [4.69, 9.17) is 0 Å². The van der Waals surface area contributed by atoms with E-state index in [1.807, 2.05) is 0 Å². The van der Waals surface area contributed by atoms with Crippen molar-refractivity contribution >= 4 is 33.3 Å². The second-order valence-electron chi connectivity index (χ2n) is 4.18. The molecule has 0 amide bonds. The molecular formula is C12H18BrNS. The van der Waals surface area contributed by atoms with Gasteiger partial charge in [-0.2, -0.15) is 0 Å². The number of thiophene rings is 1. The molecule has 1 aromatic heterocycles. The lowest BCUT2D eigenvalue weighted by molar-refractivity contribution is 0.572. The molecule has 0 aliphatic carbocycles. The maximum Gasteiger partial charge on any atom is 0.0288 e. The fourth-order valence-electron chi connectivity index (χ4n) is 1.26. The first-order valence-corrected chi connectivity index (χ1v) is 6.87. The number of halogens is 1. The van der Waals surface area contributed by atoms with Gasteiger partial charge in [-0.25, -0.2) is 0 Å². The Balaban J connectivity index is 2.39. The second kappa shape index (κ2) is 6.46. The fourth-order valence-corrected chi connectivity index (χ4v) is 2.72. The van der Waals surface area contributed by atoms with Crippen molar-refractivity contribution in [3.63, 3.8) is 0 Å². The highest BCUT2D eigenvalue weighted by atomic mass is 79.9. The second-order valence-corrected chi connectivity index (χ2v) is 6.04. The molecule has 1 heterocycles. The van der Waals surface area contributed by atoms with Gasteiger partial charge in [0.25, 0.3) is 0 Å². The van der Waals surface area contributed by atoms with E-state index in [1.165, 1.54) is 14.9 Å². The molecule has 0 aliphatic rings. The molecule has 0 radical (unpaired) electrons. The van der Waals surface area contributed by atoms with Crippen LogP contribution >= 0.6 is 27.3 Å². The van der Waals surface area contributed by atoms with Crippen molar-refractivity contribution in [3.8, 4) is 0 Å². The lowest BCUT2D eigenvalue weighted by Gasteiger charge is -2.06. The van der Waals surface area contributed by atoms with Gasteiger partial charge in [-0.15, -0.1) is 11.3 Å². The highest BCUT2D eigenvalue weighted by Gasteiger charge is 1.96. The fraction of sp³-hybridized carbons (Fsp3) is 0.500. The third-order valence-electron chi connectivity index (χ3n) is 1.93. The molecule has 1 aromatic rings. The van der Waals surface area contributed by atoms with Gasteiger partial charge in [-0.3, -0.25) is 0 Å². The summed E-state index contributed by atoms with van der Waals surface area (Å²) in [6.45, 7) is 8.68. The van der Waals surface area contributed by atoms with Crippen LogP contribution in [-0.4, -0.2) is 13.1 Å². The maximum atomic E-state index is 3.46. The molecule has 0 bridgehead atoms. The molecule has 0 aromatic carbocycles. The zero-order valence-electron chi connectivity index (χ0n) is 9.51. The van der Waals surface area contributed by atoms with Crippen molar-refractivity contribution in [3.05, 3.63) is 26.4 Å². The van der Waals surface area contributed by atoms with Crippen molar-refractivity contribution in [1.29, 1.82) is 0 Å². The maximum absolute atomic E-state index is 3.46. The summed E-state index contributed by atoms with van der Waals surface area (Å²) in [6.07, 6.45) is 2.24. The Hall–Kier alpha value is -0.120. The van der Waals surface area contributed by atoms with Crippen LogP contribution in [0.4, 0.5) is 0 Å². The standard InChI is InChI=1S/C12H18BrNS/c1-9(2)6-14-7-10(3)4-12-5-11(13)8-15-12/h4-5,8-9,14H,6-7H2,1-3H3. The lowest BCUT2D eigenvalue weighted by atomic mass is 10.2. The largest absolute Gasteiger partial charge is 0.313 e. The van der Waals surface area contributed by atoms with Crippen LogP contribution in [-0.2, 0) is 0 Å². The predicted octanol–water partition coefficient (Wildman–Crippen LogP) is 4.16. The number of hydrogen-bond donors (Lipinski definition) is 1. The average molecular weight is 288 g/mol. The van der Waals surface area contributed by atoms with E-state index in [1.54, 1.807) is 11.3 Å². The molecule has 0 fully saturated rings. The van der Waals surface area contributed by atoms with Gasteiger partial charge >= 0.3 is 0 Å². The Morgan fingerprint density at radius 3 is 2.87 bits per heavy atom. The molecule has 1 N–H and O–H groups in total. The highest BCUT2D eigenvalue weighted by molar-refractivity contribution is 9.10. The topological polar surface area (TPSA) is 12.0 Å². The van der Waals surface area contributed by atoms with E-state index in [2.05, 4.69) is 59.5 Å². The van der Waals surface area contributed by atoms with Crippen molar-refractivity contribution in [1.82, 2.24) is 5.32 Å². The molecule has 84 valence electrons. The van der Waals surface area contributed by atoms with E-state index < -0.39 is 0 Å². The van der Waals surface area contributed by atoms with Gasteiger partial charge in [-0.1, -0.05) is 19.4 Å². The Kier molecular flexibility index (Phi) is 5.58. The first kappa shape index (κ1) is 12.9. The van der Waals surface area contributed by atoms with Gasteiger partial charge in [0.2, 0.25) is 0 Å². The van der Waals surface area contributed by atoms with E-state index in [0.29, 0.717) is 5.92 Å². The van der Waals surface area contributed by atoms with Crippen molar-refractivity contribution in [2.24, 2.45) is 5.92 Å². The third-order valence-corrected chi connectivity index (χ3v) is 3.57. The van der Waals surface area contributed by atoms with E-state index in [9.17, 15) is 0 Å². The van der Waals surface area contributed by atoms with Gasteiger partial charge in [0, 0.05) is 21.3 Å². The zero-order chi connectivity index (χ0) is 11.3. The summed E-state index contributed by atoms with van der Waals surface area (Å²) < 4.78 is 1.17. The van der Waals surface area contributed by atoms with Gasteiger partial charge in [0.15, 0.2) is 0 Å². The van der Waals surface area contributed by atoms with Crippen molar-refractivity contribution in [2.45, 2.75) is 20.8 Å². The van der Waals surface area contributed by atoms with E-state index in [0.717, 1.165) is 13.1 Å². The molecule has 1 nitrogen and oxygen atoms in total. The molecule has 0 aliphatic heterocycles. The predicted molar refractivity (Wildman–Crippen MR) is 73.4 cm³/mol. The summed E-state index contributed by atoms with van der Waals surface area (Å²) in [5.74, 6) is 0.716. The molecule has 15 heavy (non-hydrogen) atoms. The monoisotopic (exact) mass is 287 g/mol. The molecule has 0 unspecified atom stereocenters. The van der Waals surface area contributed by atoms with Crippen LogP contribution < -0.4 is 5.32 Å². The SMILES string of the molecule is CC(=Cc1cc(Br)cs1)CNCC(C)C. The third kappa shape index (κ3) is 5.50. The Morgan fingerprint density at radius 1 is 1.60 bits per heavy atom. The van der Waals surface area contributed by atoms with Gasteiger partial charge in [0.05, 0.1) is 0 Å². The van der Waals surface area contributed by atoms with Crippen LogP contribution in [0, 0.1) is 5.92 Å². The first-order valence-electron chi connectivity index (χ1n) is 5.20. The summed E-state index contributed by atoms with van der Waals surface area (Å²) in [4.78, 5) is 1.31. The molecule has 0 saturated heterocycles. The Morgan fingerprint density at radius 2 is 2.33 bits per heavy atom. The van der Waals surface area contributed by atoms with Gasteiger partial charge in [0.1, 0.15) is 0 Å². The minimum atomic E-state index is 0.716. The number of hydrogen-bond acceptors (Lipinski definition) is 2. The smallest absolute Gasteiger partial charge is 0.0288 e. The van der Waals surface area contributed by atoms with Crippen LogP contribution in [0.1, 0.15) is 25.6 Å². The van der Waals surface area contributed by atoms with Crippen LogP contribution in [0.2, 0.25) is 0 Å². The van der Waals surface area contributed by atoms with Gasteiger partial charge in [-0.05, 0) is 47.5 Å². The number of rotatable bonds is 5. The van der Waals surface area contributed by atoms with Crippen LogP contribution in [0.15, 0.2) is 21.5 Å². The Bertz CT molecular complexity index is 328. The molecule has 3 heteroatoms. The summed E-state index contributed by atoms with van der Waals surface area (Å²) in [5.41, 5.74) is 1.38. The quantitative estimate of drug-likeness (QED) is 0.858. The van der Waals surface area contributed by atoms with Crippen LogP contribution in [0.25, 0.3) is 6.08 Å². The molecule has 0 atom stereocenters. The summed E-state index contributed by atoms with van der Waals surface area (Å²) >= 11 is 5.23. The zero-order valence-corrected chi connectivity index (χ0v) is 11.9. The Labute approximate surface area is 105 Å². The average Bonchev–Trinajstić information content (AvgIpc) is 2.50. The molecular weight excluding hydrogens is 270 g/mol. The van der Waals surface area contributed by atoms with Crippen LogP contribution in [0.3, 0.4) is 0 Å². The minimum Gasteiger partial charge on any atom is -0.313 e. The summed E-state index contributed by atoms with van der Waals surface area (Å²) in [6, 6.07) is 2.15. The highest BCUT2D eigenvalue weighted by Crippen LogP contribution is 2.21. The van der Waals surface area contributed by atoms with Gasteiger partial charge < -0.3 is 5.32 Å². The van der Waals surface area contributed by atoms with Crippen molar-refractivity contribution < 1.29 is 0 Å². The molecule has 0 spiro atoms. The molecule has 0 saturated carbocycles. The molecule has 1 rings (SSSR count). The summed E-state index contributed by atoms with van der Waals surface area (Å²) in [7, 11) is 0. The normalized spacial score (nSPS) is 12.5. The minimum absolute atomic E-state index is 0.716.